The van der Waals surface area contributed by atoms with E-state index in [1.165, 1.54) is 4.70 Å². The minimum absolute atomic E-state index is 0.444. The topological polar surface area (TPSA) is 70.3 Å². The highest BCUT2D eigenvalue weighted by Gasteiger charge is 2.18. The molecule has 2 aromatic heterocycles. The maximum absolute atomic E-state index is 5.40. The van der Waals surface area contributed by atoms with E-state index < -0.39 is 0 Å². The molecule has 0 amide bonds. The number of hydrogen-bond donors (Lipinski definition) is 0. The number of aromatic nitrogens is 3. The van der Waals surface area contributed by atoms with E-state index in [-0.39, 0.29) is 0 Å². The Morgan fingerprint density at radius 1 is 1.00 bits per heavy atom. The van der Waals surface area contributed by atoms with Gasteiger partial charge in [-0.2, -0.15) is 4.98 Å². The van der Waals surface area contributed by atoms with E-state index in [1.807, 2.05) is 36.4 Å². The Kier molecular flexibility index (Phi) is 4.77. The zero-order valence-electron chi connectivity index (χ0n) is 14.1. The Labute approximate surface area is 158 Å². The molecule has 0 N–H and O–H groups in total. The molecule has 0 spiro atoms. The second kappa shape index (κ2) is 7.35. The molecule has 0 bridgehead atoms. The molecule has 26 heavy (non-hydrogen) atoms. The standard InChI is InChI=1S/C18H15N3O3S2/c1-22-12-7-5-8-13(23-2)16(12)17-20-15(24-21-17)10-25-18-19-11-6-3-4-9-14(11)26-18/h3-9H,10H2,1-2H3. The van der Waals surface area contributed by atoms with E-state index in [0.717, 1.165) is 9.86 Å². The largest absolute Gasteiger partial charge is 0.496 e. The van der Waals surface area contributed by atoms with E-state index in [4.69, 9.17) is 14.0 Å². The van der Waals surface area contributed by atoms with Gasteiger partial charge in [0.25, 0.3) is 0 Å². The van der Waals surface area contributed by atoms with Crippen LogP contribution >= 0.6 is 23.1 Å². The van der Waals surface area contributed by atoms with E-state index in [1.54, 1.807) is 37.3 Å². The predicted molar refractivity (Wildman–Crippen MR) is 102 cm³/mol. The summed E-state index contributed by atoms with van der Waals surface area (Å²) in [6.07, 6.45) is 0. The van der Waals surface area contributed by atoms with E-state index >= 15 is 0 Å². The first-order valence-electron chi connectivity index (χ1n) is 7.81. The van der Waals surface area contributed by atoms with Crippen molar-refractivity contribution in [3.8, 4) is 22.9 Å². The van der Waals surface area contributed by atoms with Crippen LogP contribution in [0.15, 0.2) is 51.3 Å². The van der Waals surface area contributed by atoms with Crippen LogP contribution in [0.5, 0.6) is 11.5 Å². The minimum atomic E-state index is 0.444. The SMILES string of the molecule is COc1cccc(OC)c1-c1noc(CSc2nc3ccccc3s2)n1. The Balaban J connectivity index is 1.55. The van der Waals surface area contributed by atoms with Crippen molar-refractivity contribution in [3.05, 3.63) is 48.4 Å². The molecule has 0 aliphatic heterocycles. The van der Waals surface area contributed by atoms with E-state index in [2.05, 4.69) is 21.2 Å². The van der Waals surface area contributed by atoms with E-state index in [9.17, 15) is 0 Å². The van der Waals surface area contributed by atoms with Gasteiger partial charge in [0, 0.05) is 0 Å². The number of methoxy groups -OCH3 is 2. The monoisotopic (exact) mass is 385 g/mol. The fourth-order valence-electron chi connectivity index (χ4n) is 2.52. The maximum atomic E-state index is 5.40. The van der Waals surface area contributed by atoms with E-state index in [0.29, 0.717) is 34.5 Å². The molecule has 4 rings (SSSR count). The van der Waals surface area contributed by atoms with Crippen LogP contribution in [-0.4, -0.2) is 29.3 Å². The van der Waals surface area contributed by atoms with Crippen molar-refractivity contribution >= 4 is 33.3 Å². The van der Waals surface area contributed by atoms with Crippen molar-refractivity contribution in [2.24, 2.45) is 0 Å². The van der Waals surface area contributed by atoms with Gasteiger partial charge in [-0.1, -0.05) is 35.1 Å². The van der Waals surface area contributed by atoms with Gasteiger partial charge in [-0.3, -0.25) is 0 Å². The summed E-state index contributed by atoms with van der Waals surface area (Å²) in [7, 11) is 3.20. The summed E-state index contributed by atoms with van der Waals surface area (Å²) in [6, 6.07) is 13.6. The molecular weight excluding hydrogens is 370 g/mol. The quantitative estimate of drug-likeness (QED) is 0.447. The third-order valence-corrected chi connectivity index (χ3v) is 5.88. The smallest absolute Gasteiger partial charge is 0.237 e. The highest BCUT2D eigenvalue weighted by Crippen LogP contribution is 2.37. The molecule has 8 heteroatoms. The van der Waals surface area contributed by atoms with Gasteiger partial charge in [0.2, 0.25) is 11.7 Å². The van der Waals surface area contributed by atoms with Crippen molar-refractivity contribution in [2.75, 3.05) is 14.2 Å². The van der Waals surface area contributed by atoms with Gasteiger partial charge in [-0.25, -0.2) is 4.98 Å². The highest BCUT2D eigenvalue weighted by molar-refractivity contribution is 8.00. The zero-order chi connectivity index (χ0) is 17.9. The number of para-hydroxylation sites is 1. The van der Waals surface area contributed by atoms with Crippen LogP contribution in [0.1, 0.15) is 5.89 Å². The van der Waals surface area contributed by atoms with Crippen molar-refractivity contribution in [2.45, 2.75) is 10.1 Å². The lowest BCUT2D eigenvalue weighted by molar-refractivity contribution is 0.385. The first-order chi connectivity index (χ1) is 12.8. The van der Waals surface area contributed by atoms with Crippen LogP contribution in [0.3, 0.4) is 0 Å². The normalized spacial score (nSPS) is 11.0. The summed E-state index contributed by atoms with van der Waals surface area (Å²) in [6.45, 7) is 0. The van der Waals surface area contributed by atoms with Gasteiger partial charge >= 0.3 is 0 Å². The van der Waals surface area contributed by atoms with Crippen molar-refractivity contribution in [3.63, 3.8) is 0 Å². The van der Waals surface area contributed by atoms with Crippen molar-refractivity contribution in [1.29, 1.82) is 0 Å². The number of fused-ring (bicyclic) bond motifs is 1. The first-order valence-corrected chi connectivity index (χ1v) is 9.61. The average molecular weight is 385 g/mol. The first kappa shape index (κ1) is 16.9. The van der Waals surface area contributed by atoms with Gasteiger partial charge in [0.05, 0.1) is 30.2 Å². The van der Waals surface area contributed by atoms with Gasteiger partial charge in [-0.15, -0.1) is 11.3 Å². The number of thiazole rings is 1. The molecule has 0 saturated carbocycles. The Bertz CT molecular complexity index is 990. The van der Waals surface area contributed by atoms with Gasteiger partial charge in [0.1, 0.15) is 17.1 Å². The number of ether oxygens (including phenoxy) is 2. The van der Waals surface area contributed by atoms with Gasteiger partial charge in [0.15, 0.2) is 4.34 Å². The van der Waals surface area contributed by atoms with Crippen LogP contribution in [0.25, 0.3) is 21.6 Å². The van der Waals surface area contributed by atoms with Crippen molar-refractivity contribution < 1.29 is 14.0 Å². The van der Waals surface area contributed by atoms with Gasteiger partial charge in [-0.05, 0) is 24.3 Å². The molecule has 0 saturated heterocycles. The third kappa shape index (κ3) is 3.25. The lowest BCUT2D eigenvalue weighted by atomic mass is 10.1. The fraction of sp³-hybridized carbons (Fsp3) is 0.167. The fourth-order valence-corrected chi connectivity index (χ4v) is 4.43. The molecule has 0 unspecified atom stereocenters. The minimum Gasteiger partial charge on any atom is -0.496 e. The lowest BCUT2D eigenvalue weighted by Crippen LogP contribution is -1.94. The Morgan fingerprint density at radius 2 is 1.77 bits per heavy atom. The van der Waals surface area contributed by atoms with Crippen LogP contribution in [0.4, 0.5) is 0 Å². The molecule has 0 aliphatic rings. The summed E-state index contributed by atoms with van der Waals surface area (Å²) < 4.78 is 18.3. The number of benzene rings is 2. The molecule has 6 nitrogen and oxygen atoms in total. The van der Waals surface area contributed by atoms with Crippen molar-refractivity contribution in [1.82, 2.24) is 15.1 Å². The highest BCUT2D eigenvalue weighted by atomic mass is 32.2. The Hall–Kier alpha value is -2.58. The zero-order valence-corrected chi connectivity index (χ0v) is 15.8. The van der Waals surface area contributed by atoms with Crippen LogP contribution in [0.2, 0.25) is 0 Å². The number of nitrogens with zero attached hydrogens (tertiary/aromatic N) is 3. The summed E-state index contributed by atoms with van der Waals surface area (Å²) in [5.74, 6) is 2.78. The molecule has 0 fully saturated rings. The molecule has 132 valence electrons. The molecule has 0 aliphatic carbocycles. The lowest BCUT2D eigenvalue weighted by Gasteiger charge is -2.09. The average Bonchev–Trinajstić information content (AvgIpc) is 3.31. The predicted octanol–water partition coefficient (Wildman–Crippen LogP) is 4.66. The number of thioether (sulfide) groups is 1. The van der Waals surface area contributed by atoms with Crippen LogP contribution < -0.4 is 9.47 Å². The van der Waals surface area contributed by atoms with Crippen LogP contribution in [0, 0.1) is 0 Å². The Morgan fingerprint density at radius 3 is 2.50 bits per heavy atom. The molecule has 0 atom stereocenters. The summed E-state index contributed by atoms with van der Waals surface area (Å²) in [5, 5.41) is 4.08. The molecule has 0 radical (unpaired) electrons. The summed E-state index contributed by atoms with van der Waals surface area (Å²) >= 11 is 3.23. The van der Waals surface area contributed by atoms with Gasteiger partial charge < -0.3 is 14.0 Å². The molecule has 4 aromatic rings. The third-order valence-electron chi connectivity index (χ3n) is 3.71. The molecular formula is C18H15N3O3S2. The maximum Gasteiger partial charge on any atom is 0.237 e. The summed E-state index contributed by atoms with van der Waals surface area (Å²) in [5.41, 5.74) is 1.68. The van der Waals surface area contributed by atoms with Crippen LogP contribution in [-0.2, 0) is 5.75 Å². The second-order valence-electron chi connectivity index (χ2n) is 5.29. The molecule has 2 heterocycles. The second-order valence-corrected chi connectivity index (χ2v) is 7.54. The summed E-state index contributed by atoms with van der Waals surface area (Å²) in [4.78, 5) is 9.08. The number of rotatable bonds is 6. The molecule has 2 aromatic carbocycles. The number of hydrogen-bond acceptors (Lipinski definition) is 8.